The van der Waals surface area contributed by atoms with Crippen molar-refractivity contribution in [2.24, 2.45) is 0 Å². The molecule has 4 rings (SSSR count). The summed E-state index contributed by atoms with van der Waals surface area (Å²) >= 11 is 0. The Bertz CT molecular complexity index is 640. The van der Waals surface area contributed by atoms with Crippen molar-refractivity contribution >= 4 is 5.91 Å². The summed E-state index contributed by atoms with van der Waals surface area (Å²) in [6, 6.07) is 4.09. The van der Waals surface area contributed by atoms with Gasteiger partial charge < -0.3 is 4.90 Å². The first kappa shape index (κ1) is 14.9. The minimum Gasteiger partial charge on any atom is -0.339 e. The molecule has 0 N–H and O–H groups in total. The number of rotatable bonds is 4. The molecule has 0 aromatic carbocycles. The second-order valence-corrected chi connectivity index (χ2v) is 7.03. The third-order valence-corrected chi connectivity index (χ3v) is 5.43. The van der Waals surface area contributed by atoms with Crippen LogP contribution >= 0.6 is 0 Å². The van der Waals surface area contributed by atoms with E-state index < -0.39 is 0 Å². The van der Waals surface area contributed by atoms with E-state index in [4.69, 9.17) is 0 Å². The highest BCUT2D eigenvalue weighted by Gasteiger charge is 2.30. The van der Waals surface area contributed by atoms with Gasteiger partial charge in [-0.05, 0) is 31.7 Å². The van der Waals surface area contributed by atoms with Gasteiger partial charge in [-0.3, -0.25) is 14.5 Å². The number of aromatic nitrogens is 2. The Morgan fingerprint density at radius 1 is 1.09 bits per heavy atom. The van der Waals surface area contributed by atoms with Crippen molar-refractivity contribution in [3.05, 3.63) is 28.2 Å². The van der Waals surface area contributed by atoms with Crippen molar-refractivity contribution in [3.63, 3.8) is 0 Å². The highest BCUT2D eigenvalue weighted by Crippen LogP contribution is 2.38. The monoisotopic (exact) mass is 316 g/mol. The predicted molar refractivity (Wildman–Crippen MR) is 86.3 cm³/mol. The van der Waals surface area contributed by atoms with Crippen LogP contribution < -0.4 is 5.56 Å². The molecule has 1 aromatic heterocycles. The molecule has 6 nitrogen and oxygen atoms in total. The molecule has 2 saturated carbocycles. The van der Waals surface area contributed by atoms with E-state index in [1.165, 1.54) is 23.9 Å². The van der Waals surface area contributed by atoms with Crippen LogP contribution in [0.25, 0.3) is 0 Å². The molecule has 1 aliphatic heterocycles. The van der Waals surface area contributed by atoms with Crippen LogP contribution in [0.2, 0.25) is 0 Å². The Balaban J connectivity index is 1.36. The van der Waals surface area contributed by atoms with E-state index in [1.807, 2.05) is 4.90 Å². The number of carbonyl (C=O) groups is 1. The minimum atomic E-state index is -0.184. The van der Waals surface area contributed by atoms with Gasteiger partial charge >= 0.3 is 0 Å². The quantitative estimate of drug-likeness (QED) is 0.825. The summed E-state index contributed by atoms with van der Waals surface area (Å²) < 4.78 is 1.34. The van der Waals surface area contributed by atoms with Gasteiger partial charge in [0.05, 0.1) is 5.69 Å². The maximum atomic E-state index is 12.5. The molecule has 124 valence electrons. The number of amides is 1. The predicted octanol–water partition coefficient (Wildman–Crippen LogP) is 0.817. The summed E-state index contributed by atoms with van der Waals surface area (Å²) in [5, 5.41) is 4.38. The zero-order valence-electron chi connectivity index (χ0n) is 13.5. The van der Waals surface area contributed by atoms with Crippen LogP contribution in [0.4, 0.5) is 0 Å². The van der Waals surface area contributed by atoms with E-state index in [0.29, 0.717) is 5.92 Å². The van der Waals surface area contributed by atoms with Crippen molar-refractivity contribution in [2.75, 3.05) is 26.2 Å². The third-order valence-electron chi connectivity index (χ3n) is 5.43. The molecule has 0 spiro atoms. The first-order chi connectivity index (χ1) is 11.2. The Morgan fingerprint density at radius 3 is 2.43 bits per heavy atom. The van der Waals surface area contributed by atoms with Crippen LogP contribution in [0.5, 0.6) is 0 Å². The maximum Gasteiger partial charge on any atom is 0.267 e. The number of hydrogen-bond acceptors (Lipinski definition) is 4. The molecule has 3 fully saturated rings. The highest BCUT2D eigenvalue weighted by atomic mass is 16.2. The van der Waals surface area contributed by atoms with E-state index in [2.05, 4.69) is 10.00 Å². The zero-order valence-corrected chi connectivity index (χ0v) is 13.5. The van der Waals surface area contributed by atoms with Crippen LogP contribution in [0.1, 0.15) is 43.7 Å². The molecule has 2 heterocycles. The molecule has 1 aromatic rings. The first-order valence-electron chi connectivity index (χ1n) is 8.80. The summed E-state index contributed by atoms with van der Waals surface area (Å²) in [7, 11) is 0. The third kappa shape index (κ3) is 3.17. The first-order valence-corrected chi connectivity index (χ1v) is 8.80. The molecule has 1 saturated heterocycles. The summed E-state index contributed by atoms with van der Waals surface area (Å²) in [4.78, 5) is 28.8. The molecule has 2 aliphatic carbocycles. The Hall–Kier alpha value is -1.69. The number of carbonyl (C=O) groups excluding carboxylic acids is 1. The van der Waals surface area contributed by atoms with Crippen LogP contribution in [-0.4, -0.2) is 57.7 Å². The van der Waals surface area contributed by atoms with Crippen LogP contribution in [0.15, 0.2) is 16.9 Å². The van der Waals surface area contributed by atoms with Gasteiger partial charge in [-0.2, -0.15) is 5.10 Å². The summed E-state index contributed by atoms with van der Waals surface area (Å²) in [6.07, 6.45) is 6.24. The summed E-state index contributed by atoms with van der Waals surface area (Å²) in [5.41, 5.74) is 0.767. The summed E-state index contributed by atoms with van der Waals surface area (Å²) in [6.45, 7) is 3.53. The lowest BCUT2D eigenvalue weighted by Crippen LogP contribution is -2.54. The molecule has 6 heteroatoms. The van der Waals surface area contributed by atoms with E-state index in [9.17, 15) is 9.59 Å². The van der Waals surface area contributed by atoms with Crippen molar-refractivity contribution < 1.29 is 4.79 Å². The fourth-order valence-corrected chi connectivity index (χ4v) is 3.49. The van der Waals surface area contributed by atoms with E-state index >= 15 is 0 Å². The normalized spacial score (nSPS) is 22.9. The Labute approximate surface area is 136 Å². The fourth-order valence-electron chi connectivity index (χ4n) is 3.49. The largest absolute Gasteiger partial charge is 0.339 e. The standard InChI is InChI=1S/C17H24N4O2/c22-16-7-6-15(13-4-5-13)18-21(16)12-17(23)20-10-8-19(9-11-20)14-2-1-3-14/h6-7,13-14H,1-5,8-12H2. The van der Waals surface area contributed by atoms with Gasteiger partial charge in [0.1, 0.15) is 6.54 Å². The number of nitrogens with zero attached hydrogens (tertiary/aromatic N) is 4. The van der Waals surface area contributed by atoms with Gasteiger partial charge in [-0.1, -0.05) is 6.42 Å². The van der Waals surface area contributed by atoms with E-state index in [1.54, 1.807) is 12.1 Å². The van der Waals surface area contributed by atoms with E-state index in [0.717, 1.165) is 50.8 Å². The molecular weight excluding hydrogens is 292 g/mol. The van der Waals surface area contributed by atoms with Crippen LogP contribution in [-0.2, 0) is 11.3 Å². The molecule has 1 amide bonds. The minimum absolute atomic E-state index is 0.0146. The lowest BCUT2D eigenvalue weighted by molar-refractivity contribution is -0.134. The topological polar surface area (TPSA) is 58.4 Å². The van der Waals surface area contributed by atoms with Crippen molar-refractivity contribution in [1.29, 1.82) is 0 Å². The Kier molecular flexibility index (Phi) is 3.93. The van der Waals surface area contributed by atoms with Gasteiger partial charge in [0.25, 0.3) is 5.56 Å². The van der Waals surface area contributed by atoms with Crippen molar-refractivity contribution in [3.8, 4) is 0 Å². The zero-order chi connectivity index (χ0) is 15.8. The van der Waals surface area contributed by atoms with Gasteiger partial charge in [0, 0.05) is 44.2 Å². The van der Waals surface area contributed by atoms with Crippen LogP contribution in [0.3, 0.4) is 0 Å². The van der Waals surface area contributed by atoms with Gasteiger partial charge in [-0.25, -0.2) is 4.68 Å². The SMILES string of the molecule is O=C(Cn1nc(C2CC2)ccc1=O)N1CCN(C2CCC2)CC1. The molecule has 0 atom stereocenters. The van der Waals surface area contributed by atoms with Crippen molar-refractivity contribution in [2.45, 2.75) is 50.6 Å². The lowest BCUT2D eigenvalue weighted by atomic mass is 9.91. The smallest absolute Gasteiger partial charge is 0.267 e. The molecule has 0 bridgehead atoms. The van der Waals surface area contributed by atoms with Gasteiger partial charge in [0.15, 0.2) is 0 Å². The summed E-state index contributed by atoms with van der Waals surface area (Å²) in [5.74, 6) is 0.504. The lowest BCUT2D eigenvalue weighted by Gasteiger charge is -2.42. The van der Waals surface area contributed by atoms with E-state index in [-0.39, 0.29) is 18.0 Å². The number of piperazine rings is 1. The molecule has 3 aliphatic rings. The molecular formula is C17H24N4O2. The maximum absolute atomic E-state index is 12.5. The molecule has 23 heavy (non-hydrogen) atoms. The fraction of sp³-hybridized carbons (Fsp3) is 0.706. The van der Waals surface area contributed by atoms with Crippen molar-refractivity contribution in [1.82, 2.24) is 19.6 Å². The van der Waals surface area contributed by atoms with Gasteiger partial charge in [-0.15, -0.1) is 0 Å². The molecule has 0 unspecified atom stereocenters. The second-order valence-electron chi connectivity index (χ2n) is 7.03. The van der Waals surface area contributed by atoms with Crippen LogP contribution in [0, 0.1) is 0 Å². The number of hydrogen-bond donors (Lipinski definition) is 0. The second kappa shape index (κ2) is 6.07. The van der Waals surface area contributed by atoms with Gasteiger partial charge in [0.2, 0.25) is 5.91 Å². The Morgan fingerprint density at radius 2 is 1.83 bits per heavy atom. The average molecular weight is 316 g/mol. The highest BCUT2D eigenvalue weighted by molar-refractivity contribution is 5.76. The molecule has 0 radical (unpaired) electrons. The average Bonchev–Trinajstić information content (AvgIpc) is 3.33.